The topological polar surface area (TPSA) is 97.0 Å². The van der Waals surface area contributed by atoms with E-state index in [-0.39, 0.29) is 6.61 Å². The summed E-state index contributed by atoms with van der Waals surface area (Å²) in [5, 5.41) is 36.1. The molecule has 6 nitrogen and oxygen atoms in total. The molecule has 2 aliphatic heterocycles. The zero-order valence-corrected chi connectivity index (χ0v) is 8.85. The van der Waals surface area contributed by atoms with Gasteiger partial charge in [-0.15, -0.1) is 0 Å². The van der Waals surface area contributed by atoms with Crippen molar-refractivity contribution in [3.8, 4) is 0 Å². The third-order valence-electron chi connectivity index (χ3n) is 2.63. The summed E-state index contributed by atoms with van der Waals surface area (Å²) in [6.45, 7) is 0.115. The molecule has 0 amide bonds. The average Bonchev–Trinajstić information content (AvgIpc) is 2.74. The van der Waals surface area contributed by atoms with Gasteiger partial charge in [-0.1, -0.05) is 11.8 Å². The summed E-state index contributed by atoms with van der Waals surface area (Å²) < 4.78 is 5.33. The maximum absolute atomic E-state index is 9.70. The molecular formula is C8H14N2O4S. The minimum atomic E-state index is -1.06. The molecule has 0 saturated carbocycles. The normalized spacial score (nSPS) is 42.7. The van der Waals surface area contributed by atoms with E-state index in [2.05, 4.69) is 0 Å². The molecule has 2 fully saturated rings. The summed E-state index contributed by atoms with van der Waals surface area (Å²) in [7, 11) is 0. The van der Waals surface area contributed by atoms with Crippen molar-refractivity contribution in [2.45, 2.75) is 24.5 Å². The third kappa shape index (κ3) is 2.03. The molecule has 0 spiro atoms. The quantitative estimate of drug-likeness (QED) is 0.460. The number of nitrogens with one attached hydrogen (secondary N) is 1. The summed E-state index contributed by atoms with van der Waals surface area (Å²) in [6, 6.07) is 0. The number of nitrogens with zero attached hydrogens (tertiary/aromatic N) is 1. The predicted molar refractivity (Wildman–Crippen MR) is 54.7 cm³/mol. The zero-order chi connectivity index (χ0) is 11.0. The molecule has 2 heterocycles. The van der Waals surface area contributed by atoms with Crippen LogP contribution in [0.4, 0.5) is 0 Å². The van der Waals surface area contributed by atoms with Gasteiger partial charge in [-0.05, 0) is 0 Å². The van der Waals surface area contributed by atoms with Crippen LogP contribution in [-0.2, 0) is 4.74 Å². The van der Waals surface area contributed by atoms with Gasteiger partial charge in [0.2, 0.25) is 0 Å². The summed E-state index contributed by atoms with van der Waals surface area (Å²) in [5.74, 6) is 0.575. The molecule has 4 N–H and O–H groups in total. The Morgan fingerprint density at radius 2 is 2.20 bits per heavy atom. The highest BCUT2D eigenvalue weighted by molar-refractivity contribution is 8.14. The summed E-state index contributed by atoms with van der Waals surface area (Å²) >= 11 is 1.38. The second-order valence-corrected chi connectivity index (χ2v) is 4.71. The molecule has 0 aromatic carbocycles. The average molecular weight is 234 g/mol. The lowest BCUT2D eigenvalue weighted by molar-refractivity contribution is -0.0838. The largest absolute Gasteiger partial charge is 0.394 e. The molecule has 7 heteroatoms. The van der Waals surface area contributed by atoms with Crippen LogP contribution in [0.2, 0.25) is 0 Å². The van der Waals surface area contributed by atoms with E-state index >= 15 is 0 Å². The highest BCUT2D eigenvalue weighted by Gasteiger charge is 2.46. The molecule has 0 unspecified atom stereocenters. The van der Waals surface area contributed by atoms with E-state index in [4.69, 9.17) is 15.3 Å². The van der Waals surface area contributed by atoms with Gasteiger partial charge in [0.1, 0.15) is 24.5 Å². The molecule has 2 aliphatic rings. The van der Waals surface area contributed by atoms with Crippen molar-refractivity contribution in [2.75, 3.05) is 19.0 Å². The van der Waals surface area contributed by atoms with Crippen molar-refractivity contribution in [3.05, 3.63) is 0 Å². The van der Waals surface area contributed by atoms with Gasteiger partial charge in [0.15, 0.2) is 0 Å². The number of rotatable bonds is 2. The Kier molecular flexibility index (Phi) is 3.29. The van der Waals surface area contributed by atoms with E-state index in [1.807, 2.05) is 0 Å². The van der Waals surface area contributed by atoms with E-state index in [9.17, 15) is 10.2 Å². The Morgan fingerprint density at radius 3 is 2.67 bits per heavy atom. The number of thioether (sulfide) groups is 1. The van der Waals surface area contributed by atoms with Gasteiger partial charge in [0.25, 0.3) is 0 Å². The van der Waals surface area contributed by atoms with Crippen LogP contribution in [0.1, 0.15) is 0 Å². The van der Waals surface area contributed by atoms with Crippen molar-refractivity contribution in [3.63, 3.8) is 0 Å². The maximum Gasteiger partial charge on any atom is 0.141 e. The van der Waals surface area contributed by atoms with E-state index in [0.29, 0.717) is 17.5 Å². The first kappa shape index (κ1) is 11.3. The lowest BCUT2D eigenvalue weighted by Gasteiger charge is -2.24. The lowest BCUT2D eigenvalue weighted by atomic mass is 10.1. The molecule has 86 valence electrons. The molecule has 0 bridgehead atoms. The predicted octanol–water partition coefficient (Wildman–Crippen LogP) is -1.59. The van der Waals surface area contributed by atoms with Gasteiger partial charge in [-0.2, -0.15) is 0 Å². The third-order valence-corrected chi connectivity index (χ3v) is 3.57. The van der Waals surface area contributed by atoms with Crippen LogP contribution in [0, 0.1) is 5.41 Å². The minimum Gasteiger partial charge on any atom is -0.394 e. The van der Waals surface area contributed by atoms with Crippen molar-refractivity contribution in [1.29, 1.82) is 5.41 Å². The van der Waals surface area contributed by atoms with E-state index in [1.165, 1.54) is 11.8 Å². The molecule has 4 atom stereocenters. The van der Waals surface area contributed by atoms with Gasteiger partial charge in [0, 0.05) is 6.54 Å². The van der Waals surface area contributed by atoms with Crippen molar-refractivity contribution in [1.82, 2.24) is 4.90 Å². The number of aliphatic hydroxyl groups is 3. The SMILES string of the molecule is N=C1CN([C@@H]2O[C@H](CO)[C@H](O)[C@H]2O)CS1. The van der Waals surface area contributed by atoms with Crippen LogP contribution < -0.4 is 0 Å². The molecule has 15 heavy (non-hydrogen) atoms. The van der Waals surface area contributed by atoms with Crippen molar-refractivity contribution >= 4 is 16.8 Å². The lowest BCUT2D eigenvalue weighted by Crippen LogP contribution is -2.42. The van der Waals surface area contributed by atoms with E-state index in [1.54, 1.807) is 4.90 Å². The summed E-state index contributed by atoms with van der Waals surface area (Å²) in [6.07, 6.45) is -3.43. The van der Waals surface area contributed by atoms with E-state index < -0.39 is 24.5 Å². The molecule has 2 rings (SSSR count). The smallest absolute Gasteiger partial charge is 0.141 e. The molecule has 0 aromatic rings. The fraction of sp³-hybridized carbons (Fsp3) is 0.875. The van der Waals surface area contributed by atoms with Gasteiger partial charge in [0.05, 0.1) is 17.5 Å². The fourth-order valence-electron chi connectivity index (χ4n) is 1.78. The molecule has 0 aromatic heterocycles. The minimum absolute atomic E-state index is 0.312. The molecule has 0 radical (unpaired) electrons. The number of aliphatic hydroxyl groups excluding tert-OH is 3. The Hall–Kier alpha value is -0.180. The van der Waals surface area contributed by atoms with Gasteiger partial charge in [-0.25, -0.2) is 0 Å². The van der Waals surface area contributed by atoms with Crippen LogP contribution in [-0.4, -0.2) is 68.8 Å². The first-order valence-electron chi connectivity index (χ1n) is 4.70. The second-order valence-electron chi connectivity index (χ2n) is 3.67. The number of ether oxygens (including phenoxy) is 1. The Morgan fingerprint density at radius 1 is 1.47 bits per heavy atom. The van der Waals surface area contributed by atoms with Crippen LogP contribution >= 0.6 is 11.8 Å². The Labute approximate surface area is 91.3 Å². The second kappa shape index (κ2) is 4.36. The van der Waals surface area contributed by atoms with Gasteiger partial charge in [-0.3, -0.25) is 10.3 Å². The first-order valence-corrected chi connectivity index (χ1v) is 5.68. The highest BCUT2D eigenvalue weighted by Crippen LogP contribution is 2.28. The van der Waals surface area contributed by atoms with Crippen LogP contribution in [0.25, 0.3) is 0 Å². The molecule has 2 saturated heterocycles. The van der Waals surface area contributed by atoms with Crippen molar-refractivity contribution in [2.24, 2.45) is 0 Å². The fourth-order valence-corrected chi connectivity index (χ4v) is 2.60. The standard InChI is InChI=1S/C8H14N2O4S/c9-5-1-10(3-15-5)8-7(13)6(12)4(2-11)14-8/h4,6-9,11-13H,1-3H2/t4-,6+,7-,8-/m1/s1. The van der Waals surface area contributed by atoms with Gasteiger partial charge >= 0.3 is 0 Å². The Balaban J connectivity index is 2.01. The number of hydrogen-bond donors (Lipinski definition) is 4. The van der Waals surface area contributed by atoms with E-state index in [0.717, 1.165) is 0 Å². The van der Waals surface area contributed by atoms with Crippen LogP contribution in [0.3, 0.4) is 0 Å². The van der Waals surface area contributed by atoms with Gasteiger partial charge < -0.3 is 20.1 Å². The zero-order valence-electron chi connectivity index (χ0n) is 8.04. The Bertz CT molecular complexity index is 265. The highest BCUT2D eigenvalue weighted by atomic mass is 32.2. The van der Waals surface area contributed by atoms with Crippen LogP contribution in [0.15, 0.2) is 0 Å². The van der Waals surface area contributed by atoms with Crippen LogP contribution in [0.5, 0.6) is 0 Å². The monoisotopic (exact) mass is 234 g/mol. The number of hydrogen-bond acceptors (Lipinski definition) is 7. The summed E-state index contributed by atoms with van der Waals surface area (Å²) in [5.41, 5.74) is 0. The summed E-state index contributed by atoms with van der Waals surface area (Å²) in [4.78, 5) is 1.77. The first-order chi connectivity index (χ1) is 7.13. The molecular weight excluding hydrogens is 220 g/mol. The maximum atomic E-state index is 9.70. The molecule has 0 aliphatic carbocycles. The van der Waals surface area contributed by atoms with Crippen molar-refractivity contribution < 1.29 is 20.1 Å².